The van der Waals surface area contributed by atoms with Gasteiger partial charge in [-0.25, -0.2) is 0 Å². The van der Waals surface area contributed by atoms with Crippen LogP contribution in [0.4, 0.5) is 11.4 Å². The molecule has 10 heteroatoms. The van der Waals surface area contributed by atoms with E-state index in [9.17, 15) is 19.7 Å². The van der Waals surface area contributed by atoms with E-state index in [-0.39, 0.29) is 28.1 Å². The molecule has 3 rings (SSSR count). The second kappa shape index (κ2) is 9.11. The van der Waals surface area contributed by atoms with E-state index in [0.29, 0.717) is 17.8 Å². The van der Waals surface area contributed by atoms with Crippen LogP contribution in [0.2, 0.25) is 0 Å². The van der Waals surface area contributed by atoms with Crippen LogP contribution in [0.15, 0.2) is 58.5 Å². The van der Waals surface area contributed by atoms with Crippen molar-refractivity contribution in [1.82, 2.24) is 15.2 Å². The summed E-state index contributed by atoms with van der Waals surface area (Å²) in [6, 6.07) is 13.3. The molecule has 148 valence electrons. The lowest BCUT2D eigenvalue weighted by Gasteiger charge is -2.05. The number of aromatic amines is 1. The maximum atomic E-state index is 12.2. The lowest BCUT2D eigenvalue weighted by Crippen LogP contribution is -2.19. The van der Waals surface area contributed by atoms with E-state index in [0.717, 1.165) is 22.9 Å². The molecule has 0 saturated carbocycles. The minimum Gasteiger partial charge on any atom is -0.325 e. The summed E-state index contributed by atoms with van der Waals surface area (Å²) < 4.78 is 0. The van der Waals surface area contributed by atoms with Crippen molar-refractivity contribution >= 4 is 29.0 Å². The van der Waals surface area contributed by atoms with Crippen LogP contribution in [0.1, 0.15) is 16.8 Å². The van der Waals surface area contributed by atoms with Crippen LogP contribution in [-0.4, -0.2) is 31.8 Å². The summed E-state index contributed by atoms with van der Waals surface area (Å²) in [6.45, 7) is 1.99. The lowest BCUT2D eigenvalue weighted by molar-refractivity contribution is -0.384. The highest BCUT2D eigenvalue weighted by Crippen LogP contribution is 2.16. The highest BCUT2D eigenvalue weighted by atomic mass is 32.2. The van der Waals surface area contributed by atoms with Crippen molar-refractivity contribution in [2.75, 3.05) is 11.1 Å². The minimum atomic E-state index is -0.515. The van der Waals surface area contributed by atoms with Crippen LogP contribution < -0.4 is 10.9 Å². The van der Waals surface area contributed by atoms with Gasteiger partial charge >= 0.3 is 0 Å². The van der Waals surface area contributed by atoms with Crippen molar-refractivity contribution in [1.29, 1.82) is 0 Å². The number of anilines is 1. The number of amides is 1. The Balaban J connectivity index is 1.55. The summed E-state index contributed by atoms with van der Waals surface area (Å²) in [7, 11) is 0. The zero-order valence-electron chi connectivity index (χ0n) is 15.4. The number of non-ortho nitro benzene ring substituents is 1. The normalized spacial score (nSPS) is 10.5. The Labute approximate surface area is 169 Å². The van der Waals surface area contributed by atoms with Crippen molar-refractivity contribution < 1.29 is 9.72 Å². The van der Waals surface area contributed by atoms with Crippen molar-refractivity contribution in [3.05, 3.63) is 85.8 Å². The molecule has 0 aliphatic carbocycles. The number of H-pyrrole nitrogens is 1. The molecular weight excluding hydrogens is 394 g/mol. The molecule has 0 spiro atoms. The highest BCUT2D eigenvalue weighted by Gasteiger charge is 2.10. The summed E-state index contributed by atoms with van der Waals surface area (Å²) >= 11 is 1.04. The first-order valence-corrected chi connectivity index (χ1v) is 9.58. The van der Waals surface area contributed by atoms with E-state index in [4.69, 9.17) is 0 Å². The predicted molar refractivity (Wildman–Crippen MR) is 109 cm³/mol. The minimum absolute atomic E-state index is 0.00108. The van der Waals surface area contributed by atoms with Crippen molar-refractivity contribution in [2.45, 2.75) is 18.5 Å². The number of aromatic nitrogens is 3. The second-order valence-electron chi connectivity index (χ2n) is 6.21. The predicted octanol–water partition coefficient (Wildman–Crippen LogP) is 2.70. The van der Waals surface area contributed by atoms with Crippen LogP contribution in [0, 0.1) is 17.0 Å². The third-order valence-electron chi connectivity index (χ3n) is 3.94. The number of benzene rings is 2. The van der Waals surface area contributed by atoms with Gasteiger partial charge < -0.3 is 5.32 Å². The number of nitro groups is 1. The van der Waals surface area contributed by atoms with Gasteiger partial charge in [0.15, 0.2) is 5.16 Å². The van der Waals surface area contributed by atoms with Crippen molar-refractivity contribution in [3.8, 4) is 0 Å². The summed E-state index contributed by atoms with van der Waals surface area (Å²) in [6.07, 6.45) is 0.369. The van der Waals surface area contributed by atoms with E-state index in [1.165, 1.54) is 24.3 Å². The lowest BCUT2D eigenvalue weighted by atomic mass is 10.1. The van der Waals surface area contributed by atoms with Crippen LogP contribution in [-0.2, 0) is 11.2 Å². The van der Waals surface area contributed by atoms with Crippen molar-refractivity contribution in [2.24, 2.45) is 0 Å². The molecule has 1 amide bonds. The number of nitro benzene ring substituents is 1. The Morgan fingerprint density at radius 3 is 2.45 bits per heavy atom. The molecule has 9 nitrogen and oxygen atoms in total. The SMILES string of the molecule is Cc1ccc(Cc2nnc(SCC(=O)Nc3ccc([N+](=O)[O-])cc3)[nH]c2=O)cc1. The molecule has 1 aromatic heterocycles. The maximum absolute atomic E-state index is 12.2. The van der Waals surface area contributed by atoms with E-state index in [2.05, 4.69) is 20.5 Å². The standard InChI is InChI=1S/C19H17N5O4S/c1-12-2-4-13(5-3-12)10-16-18(26)21-19(23-22-16)29-11-17(25)20-14-6-8-15(9-7-14)24(27)28/h2-9H,10-11H2,1H3,(H,20,25)(H,21,23,26). The van der Waals surface area contributed by atoms with Gasteiger partial charge in [-0.15, -0.1) is 10.2 Å². The smallest absolute Gasteiger partial charge is 0.273 e. The first kappa shape index (κ1) is 20.2. The van der Waals surface area contributed by atoms with E-state index < -0.39 is 4.92 Å². The summed E-state index contributed by atoms with van der Waals surface area (Å²) in [5, 5.41) is 21.4. The van der Waals surface area contributed by atoms with Gasteiger partial charge in [-0.1, -0.05) is 41.6 Å². The second-order valence-corrected chi connectivity index (χ2v) is 7.17. The number of hydrogen-bond donors (Lipinski definition) is 2. The first-order chi connectivity index (χ1) is 13.9. The molecule has 0 aliphatic heterocycles. The van der Waals surface area contributed by atoms with E-state index in [1.54, 1.807) is 0 Å². The van der Waals surface area contributed by atoms with E-state index in [1.807, 2.05) is 31.2 Å². The number of nitrogens with zero attached hydrogens (tertiary/aromatic N) is 3. The number of rotatable bonds is 7. The summed E-state index contributed by atoms with van der Waals surface area (Å²) in [5.74, 6) is -0.339. The average molecular weight is 411 g/mol. The van der Waals surface area contributed by atoms with Crippen LogP contribution in [0.25, 0.3) is 0 Å². The molecule has 3 aromatic rings. The van der Waals surface area contributed by atoms with Gasteiger partial charge in [-0.2, -0.15) is 0 Å². The fourth-order valence-electron chi connectivity index (χ4n) is 2.42. The summed E-state index contributed by atoms with van der Waals surface area (Å²) in [4.78, 5) is 37.0. The quantitative estimate of drug-likeness (QED) is 0.347. The average Bonchev–Trinajstić information content (AvgIpc) is 2.70. The van der Waals surface area contributed by atoms with E-state index >= 15 is 0 Å². The maximum Gasteiger partial charge on any atom is 0.273 e. The topological polar surface area (TPSA) is 131 Å². The molecule has 0 fully saturated rings. The Morgan fingerprint density at radius 2 is 1.83 bits per heavy atom. The Kier molecular flexibility index (Phi) is 6.35. The number of carbonyl (C=O) groups is 1. The number of thioether (sulfide) groups is 1. The molecule has 2 aromatic carbocycles. The highest BCUT2D eigenvalue weighted by molar-refractivity contribution is 7.99. The zero-order chi connectivity index (χ0) is 20.8. The number of nitrogens with one attached hydrogen (secondary N) is 2. The molecule has 2 N–H and O–H groups in total. The van der Waals surface area contributed by atoms with Gasteiger partial charge in [0.2, 0.25) is 5.91 Å². The summed E-state index contributed by atoms with van der Waals surface area (Å²) in [5.41, 5.74) is 2.42. The molecule has 0 unspecified atom stereocenters. The fourth-order valence-corrected chi connectivity index (χ4v) is 3.03. The van der Waals surface area contributed by atoms with Crippen molar-refractivity contribution in [3.63, 3.8) is 0 Å². The third kappa shape index (κ3) is 5.72. The Hall–Kier alpha value is -3.53. The first-order valence-electron chi connectivity index (χ1n) is 8.59. The van der Waals surface area contributed by atoms with Crippen LogP contribution in [0.5, 0.6) is 0 Å². The third-order valence-corrected chi connectivity index (χ3v) is 4.80. The monoisotopic (exact) mass is 411 g/mol. The van der Waals surface area contributed by atoms with Crippen LogP contribution in [0.3, 0.4) is 0 Å². The Morgan fingerprint density at radius 1 is 1.14 bits per heavy atom. The number of hydrogen-bond acceptors (Lipinski definition) is 7. The largest absolute Gasteiger partial charge is 0.325 e. The van der Waals surface area contributed by atoms with Gasteiger partial charge in [0.1, 0.15) is 5.69 Å². The molecule has 0 radical (unpaired) electrons. The molecule has 0 saturated heterocycles. The van der Waals surface area contributed by atoms with Gasteiger partial charge in [-0.3, -0.25) is 24.7 Å². The molecule has 29 heavy (non-hydrogen) atoms. The van der Waals surface area contributed by atoms with Gasteiger partial charge in [-0.05, 0) is 24.6 Å². The molecule has 0 aliphatic rings. The van der Waals surface area contributed by atoms with Gasteiger partial charge in [0.05, 0.1) is 10.7 Å². The fraction of sp³-hybridized carbons (Fsp3) is 0.158. The molecule has 0 atom stereocenters. The molecule has 0 bridgehead atoms. The number of carbonyl (C=O) groups excluding carboxylic acids is 1. The number of aryl methyl sites for hydroxylation is 1. The van der Waals surface area contributed by atoms with Gasteiger partial charge in [0, 0.05) is 24.2 Å². The van der Waals surface area contributed by atoms with Gasteiger partial charge in [0.25, 0.3) is 11.2 Å². The van der Waals surface area contributed by atoms with Crippen LogP contribution >= 0.6 is 11.8 Å². The molecule has 1 heterocycles. The Bertz CT molecular complexity index is 1080. The molecular formula is C19H17N5O4S. The zero-order valence-corrected chi connectivity index (χ0v) is 16.2.